The summed E-state index contributed by atoms with van der Waals surface area (Å²) < 4.78 is 5.19. The zero-order valence-corrected chi connectivity index (χ0v) is 13.7. The second kappa shape index (κ2) is 7.63. The van der Waals surface area contributed by atoms with Gasteiger partial charge in [-0.1, -0.05) is 24.9 Å². The molecule has 0 spiro atoms. The van der Waals surface area contributed by atoms with Crippen molar-refractivity contribution in [3.8, 4) is 0 Å². The Labute approximate surface area is 131 Å². The quantitative estimate of drug-likeness (QED) is 0.780. The van der Waals surface area contributed by atoms with Crippen LogP contribution in [0, 0.1) is 19.8 Å². The van der Waals surface area contributed by atoms with Crippen LogP contribution < -0.4 is 10.6 Å². The van der Waals surface area contributed by atoms with Crippen molar-refractivity contribution in [3.05, 3.63) is 17.0 Å². The van der Waals surface area contributed by atoms with Crippen molar-refractivity contribution < 1.29 is 14.4 Å². The molecular weight excluding hydrogens is 282 g/mol. The summed E-state index contributed by atoms with van der Waals surface area (Å²) in [5, 5.41) is 19.4. The highest BCUT2D eigenvalue weighted by molar-refractivity contribution is 5.75. The van der Waals surface area contributed by atoms with Gasteiger partial charge in [-0.25, -0.2) is 4.79 Å². The fraction of sp³-hybridized carbons (Fsp3) is 0.750. The van der Waals surface area contributed by atoms with Crippen LogP contribution in [-0.4, -0.2) is 28.9 Å². The van der Waals surface area contributed by atoms with Gasteiger partial charge in [0.1, 0.15) is 5.76 Å². The highest BCUT2D eigenvalue weighted by atomic mass is 16.5. The molecule has 0 saturated heterocycles. The molecule has 2 rings (SSSR count). The van der Waals surface area contributed by atoms with E-state index < -0.39 is 0 Å². The van der Waals surface area contributed by atoms with E-state index >= 15 is 0 Å². The van der Waals surface area contributed by atoms with E-state index in [4.69, 9.17) is 4.52 Å². The Kier molecular flexibility index (Phi) is 5.83. The van der Waals surface area contributed by atoms with Crippen LogP contribution in [0.25, 0.3) is 0 Å². The summed E-state index contributed by atoms with van der Waals surface area (Å²) in [5.74, 6) is 0.911. The highest BCUT2D eigenvalue weighted by Crippen LogP contribution is 2.25. The number of carbonyl (C=O) groups is 1. The molecule has 3 unspecified atom stereocenters. The predicted octanol–water partition coefficient (Wildman–Crippen LogP) is 2.59. The van der Waals surface area contributed by atoms with E-state index in [0.717, 1.165) is 49.1 Å². The van der Waals surface area contributed by atoms with Crippen molar-refractivity contribution in [2.24, 2.45) is 5.92 Å². The Balaban J connectivity index is 1.97. The molecule has 6 heteroatoms. The molecule has 6 nitrogen and oxygen atoms in total. The van der Waals surface area contributed by atoms with Gasteiger partial charge in [-0.15, -0.1) is 0 Å². The minimum Gasteiger partial charge on any atom is -0.396 e. The summed E-state index contributed by atoms with van der Waals surface area (Å²) in [6.07, 6.45) is 4.90. The molecule has 1 saturated carbocycles. The first-order valence-electron chi connectivity index (χ1n) is 8.17. The molecule has 1 heterocycles. The summed E-state index contributed by atoms with van der Waals surface area (Å²) in [7, 11) is 0. The minimum atomic E-state index is -0.183. The molecule has 1 aromatic heterocycles. The topological polar surface area (TPSA) is 87.4 Å². The van der Waals surface area contributed by atoms with Gasteiger partial charge < -0.3 is 20.3 Å². The maximum Gasteiger partial charge on any atom is 0.315 e. The fourth-order valence-electron chi connectivity index (χ4n) is 3.35. The average molecular weight is 309 g/mol. The van der Waals surface area contributed by atoms with E-state index in [1.807, 2.05) is 20.8 Å². The number of hydrogen-bond donors (Lipinski definition) is 3. The van der Waals surface area contributed by atoms with E-state index in [2.05, 4.69) is 15.8 Å². The van der Waals surface area contributed by atoms with Crippen LogP contribution in [0.1, 0.15) is 62.1 Å². The van der Waals surface area contributed by atoms with Gasteiger partial charge in [0, 0.05) is 24.1 Å². The van der Waals surface area contributed by atoms with E-state index in [-0.39, 0.29) is 30.6 Å². The first kappa shape index (κ1) is 16.8. The van der Waals surface area contributed by atoms with Gasteiger partial charge in [0.25, 0.3) is 0 Å². The number of aryl methyl sites for hydroxylation is 2. The van der Waals surface area contributed by atoms with Crippen LogP contribution in [-0.2, 0) is 0 Å². The van der Waals surface area contributed by atoms with Gasteiger partial charge in [0.05, 0.1) is 11.7 Å². The second-order valence-electron chi connectivity index (χ2n) is 6.15. The molecule has 1 aliphatic carbocycles. The number of urea groups is 1. The molecule has 2 amide bonds. The average Bonchev–Trinajstić information content (AvgIpc) is 2.84. The van der Waals surface area contributed by atoms with Crippen LogP contribution >= 0.6 is 0 Å². The summed E-state index contributed by atoms with van der Waals surface area (Å²) in [6.45, 7) is 5.90. The molecule has 124 valence electrons. The van der Waals surface area contributed by atoms with Crippen LogP contribution in [0.5, 0.6) is 0 Å². The Morgan fingerprint density at radius 2 is 2.14 bits per heavy atom. The third kappa shape index (κ3) is 3.80. The van der Waals surface area contributed by atoms with Gasteiger partial charge in [0.15, 0.2) is 0 Å². The Morgan fingerprint density at radius 3 is 2.73 bits per heavy atom. The lowest BCUT2D eigenvalue weighted by Crippen LogP contribution is -2.48. The number of amides is 2. The van der Waals surface area contributed by atoms with Gasteiger partial charge in [-0.05, 0) is 33.1 Å². The molecule has 0 aromatic carbocycles. The molecule has 3 N–H and O–H groups in total. The Bertz CT molecular complexity index is 481. The summed E-state index contributed by atoms with van der Waals surface area (Å²) in [6, 6.07) is -0.236. The molecule has 1 fully saturated rings. The van der Waals surface area contributed by atoms with Gasteiger partial charge in [0.2, 0.25) is 0 Å². The maximum absolute atomic E-state index is 12.3. The molecule has 3 atom stereocenters. The lowest BCUT2D eigenvalue weighted by molar-refractivity contribution is 0.153. The summed E-state index contributed by atoms with van der Waals surface area (Å²) in [5.41, 5.74) is 1.77. The third-order valence-electron chi connectivity index (χ3n) is 4.61. The zero-order valence-electron chi connectivity index (χ0n) is 13.7. The highest BCUT2D eigenvalue weighted by Gasteiger charge is 2.27. The van der Waals surface area contributed by atoms with E-state index in [1.165, 1.54) is 0 Å². The number of aliphatic hydroxyl groups is 1. The van der Waals surface area contributed by atoms with Crippen molar-refractivity contribution in [1.29, 1.82) is 0 Å². The van der Waals surface area contributed by atoms with Crippen molar-refractivity contribution >= 4 is 6.03 Å². The lowest BCUT2D eigenvalue weighted by Gasteiger charge is -2.31. The molecule has 0 bridgehead atoms. The number of nitrogens with zero attached hydrogens (tertiary/aromatic N) is 1. The third-order valence-corrected chi connectivity index (χ3v) is 4.61. The first-order valence-corrected chi connectivity index (χ1v) is 8.17. The van der Waals surface area contributed by atoms with Crippen molar-refractivity contribution in [3.63, 3.8) is 0 Å². The number of aromatic nitrogens is 1. The summed E-state index contributed by atoms with van der Waals surface area (Å²) in [4.78, 5) is 12.3. The summed E-state index contributed by atoms with van der Waals surface area (Å²) >= 11 is 0. The zero-order chi connectivity index (χ0) is 16.1. The largest absolute Gasteiger partial charge is 0.396 e. The molecular formula is C16H27N3O3. The Morgan fingerprint density at radius 1 is 1.41 bits per heavy atom. The number of aliphatic hydroxyl groups excluding tert-OH is 1. The lowest BCUT2D eigenvalue weighted by atomic mass is 9.85. The van der Waals surface area contributed by atoms with Crippen LogP contribution in [0.3, 0.4) is 0 Å². The number of nitrogens with one attached hydrogen (secondary N) is 2. The van der Waals surface area contributed by atoms with Gasteiger partial charge in [-0.2, -0.15) is 0 Å². The second-order valence-corrected chi connectivity index (χ2v) is 6.15. The van der Waals surface area contributed by atoms with E-state index in [9.17, 15) is 9.90 Å². The molecule has 1 aromatic rings. The standard InChI is InChI=1S/C16H27N3O3/c1-4-13(15-10(2)19-22-11(15)3)17-16(21)18-14-8-6-5-7-12(14)9-20/h12-14,20H,4-9H2,1-3H3,(H2,17,18,21). The van der Waals surface area contributed by atoms with E-state index in [0.29, 0.717) is 0 Å². The minimum absolute atomic E-state index is 0.0564. The maximum atomic E-state index is 12.3. The smallest absolute Gasteiger partial charge is 0.315 e. The molecule has 0 radical (unpaired) electrons. The molecule has 0 aliphatic heterocycles. The van der Waals surface area contributed by atoms with E-state index in [1.54, 1.807) is 0 Å². The van der Waals surface area contributed by atoms with Crippen molar-refractivity contribution in [1.82, 2.24) is 15.8 Å². The fourth-order valence-corrected chi connectivity index (χ4v) is 3.35. The van der Waals surface area contributed by atoms with Crippen molar-refractivity contribution in [2.45, 2.75) is 65.0 Å². The van der Waals surface area contributed by atoms with Crippen molar-refractivity contribution in [2.75, 3.05) is 6.61 Å². The van der Waals surface area contributed by atoms with Crippen LogP contribution in [0.2, 0.25) is 0 Å². The van der Waals surface area contributed by atoms with Crippen LogP contribution in [0.4, 0.5) is 4.79 Å². The van der Waals surface area contributed by atoms with Gasteiger partial charge in [-0.3, -0.25) is 0 Å². The number of carbonyl (C=O) groups excluding carboxylic acids is 1. The normalized spacial score (nSPS) is 23.1. The SMILES string of the molecule is CCC(NC(=O)NC1CCCCC1CO)c1c(C)noc1C. The molecule has 22 heavy (non-hydrogen) atoms. The monoisotopic (exact) mass is 309 g/mol. The number of hydrogen-bond acceptors (Lipinski definition) is 4. The molecule has 1 aliphatic rings. The Hall–Kier alpha value is -1.56. The predicted molar refractivity (Wildman–Crippen MR) is 83.5 cm³/mol. The van der Waals surface area contributed by atoms with Gasteiger partial charge >= 0.3 is 6.03 Å². The first-order chi connectivity index (χ1) is 10.6. The number of rotatable bonds is 5. The van der Waals surface area contributed by atoms with Crippen LogP contribution in [0.15, 0.2) is 4.52 Å².